The molecule has 0 bridgehead atoms. The fourth-order valence-electron chi connectivity index (χ4n) is 4.40. The molecule has 10 heteroatoms. The minimum absolute atomic E-state index is 0.141. The number of anilines is 2. The third-order valence-corrected chi connectivity index (χ3v) is 5.97. The van der Waals surface area contributed by atoms with Gasteiger partial charge in [-0.1, -0.05) is 12.1 Å². The zero-order valence-corrected chi connectivity index (χ0v) is 18.8. The smallest absolute Gasteiger partial charge is 0.320 e. The first-order chi connectivity index (χ1) is 15.9. The zero-order chi connectivity index (χ0) is 23.4. The number of ether oxygens (including phenoxy) is 1. The number of nitrogens with one attached hydrogen (secondary N) is 1. The Morgan fingerprint density at radius 1 is 1.30 bits per heavy atom. The van der Waals surface area contributed by atoms with Gasteiger partial charge in [-0.25, -0.2) is 9.78 Å². The van der Waals surface area contributed by atoms with E-state index in [0.717, 1.165) is 35.4 Å². The number of fused-ring (bicyclic) bond motifs is 1. The summed E-state index contributed by atoms with van der Waals surface area (Å²) in [5, 5.41) is 12.6. The van der Waals surface area contributed by atoms with Crippen molar-refractivity contribution in [1.82, 2.24) is 19.8 Å². The van der Waals surface area contributed by atoms with Crippen molar-refractivity contribution < 1.29 is 19.4 Å². The number of aromatic nitrogens is 2. The minimum atomic E-state index is -0.939. The van der Waals surface area contributed by atoms with Gasteiger partial charge in [-0.05, 0) is 37.0 Å². The second kappa shape index (κ2) is 9.93. The van der Waals surface area contributed by atoms with Gasteiger partial charge in [-0.15, -0.1) is 0 Å². The summed E-state index contributed by atoms with van der Waals surface area (Å²) in [4.78, 5) is 36.8. The standard InChI is InChI=1S/C23H30N6O4/c1-2-25-22-26-17(13-20(24)27-22)4-3-8-28-9-10-29(23(28)32)18(14-21(30)31)16-6-5-15-7-11-33-19(15)12-16/h5-6,12-13,18H,2-4,7-11,14H2,1H3,(H,30,31)(H3,24,25,26,27). The molecule has 33 heavy (non-hydrogen) atoms. The molecule has 3 heterocycles. The Kier molecular flexibility index (Phi) is 6.81. The van der Waals surface area contributed by atoms with Gasteiger partial charge in [0, 0.05) is 44.4 Å². The van der Waals surface area contributed by atoms with Gasteiger partial charge < -0.3 is 30.7 Å². The Morgan fingerprint density at radius 2 is 2.15 bits per heavy atom. The van der Waals surface area contributed by atoms with E-state index in [2.05, 4.69) is 15.3 Å². The van der Waals surface area contributed by atoms with E-state index in [1.807, 2.05) is 25.1 Å². The highest BCUT2D eigenvalue weighted by Gasteiger charge is 2.35. The van der Waals surface area contributed by atoms with E-state index in [9.17, 15) is 14.7 Å². The van der Waals surface area contributed by atoms with Crippen LogP contribution in [0.5, 0.6) is 5.75 Å². The Balaban J connectivity index is 1.40. The Hall–Kier alpha value is -3.56. The lowest BCUT2D eigenvalue weighted by atomic mass is 10.00. The fourth-order valence-corrected chi connectivity index (χ4v) is 4.40. The third kappa shape index (κ3) is 5.27. The molecule has 2 aliphatic heterocycles. The SMILES string of the molecule is CCNc1nc(N)cc(CCCN2CCN(C(CC(=O)O)c3ccc4c(c3)OCC4)C2=O)n1. The third-order valence-electron chi connectivity index (χ3n) is 5.97. The van der Waals surface area contributed by atoms with Crippen molar-refractivity contribution in [1.29, 1.82) is 0 Å². The van der Waals surface area contributed by atoms with Crippen LogP contribution in [0.2, 0.25) is 0 Å². The van der Waals surface area contributed by atoms with E-state index >= 15 is 0 Å². The molecule has 0 aliphatic carbocycles. The molecule has 4 N–H and O–H groups in total. The molecular formula is C23H30N6O4. The van der Waals surface area contributed by atoms with Crippen LogP contribution in [-0.4, -0.2) is 69.7 Å². The van der Waals surface area contributed by atoms with Crippen molar-refractivity contribution in [2.75, 3.05) is 43.8 Å². The van der Waals surface area contributed by atoms with E-state index < -0.39 is 12.0 Å². The number of aliphatic carboxylic acids is 1. The average Bonchev–Trinajstić information content (AvgIpc) is 3.38. The molecule has 1 fully saturated rings. The van der Waals surface area contributed by atoms with Crippen LogP contribution < -0.4 is 15.8 Å². The van der Waals surface area contributed by atoms with Crippen LogP contribution in [0.4, 0.5) is 16.6 Å². The first-order valence-corrected chi connectivity index (χ1v) is 11.3. The number of carbonyl (C=O) groups excluding carboxylic acids is 1. The summed E-state index contributed by atoms with van der Waals surface area (Å²) in [6, 6.07) is 6.85. The first-order valence-electron chi connectivity index (χ1n) is 11.3. The maximum absolute atomic E-state index is 13.1. The van der Waals surface area contributed by atoms with Crippen molar-refractivity contribution in [3.63, 3.8) is 0 Å². The molecule has 176 valence electrons. The molecule has 0 saturated carbocycles. The lowest BCUT2D eigenvalue weighted by molar-refractivity contribution is -0.138. The van der Waals surface area contributed by atoms with E-state index in [1.165, 1.54) is 0 Å². The van der Waals surface area contributed by atoms with Gasteiger partial charge in [0.1, 0.15) is 11.6 Å². The number of rotatable bonds is 10. The summed E-state index contributed by atoms with van der Waals surface area (Å²) in [5.74, 6) is 0.762. The summed E-state index contributed by atoms with van der Waals surface area (Å²) < 4.78 is 5.65. The largest absolute Gasteiger partial charge is 0.493 e. The number of nitrogens with two attached hydrogens (primary N) is 1. The lowest BCUT2D eigenvalue weighted by Gasteiger charge is -2.27. The van der Waals surface area contributed by atoms with Gasteiger partial charge in [0.2, 0.25) is 5.95 Å². The van der Waals surface area contributed by atoms with Crippen molar-refractivity contribution in [2.45, 2.75) is 38.6 Å². The monoisotopic (exact) mass is 454 g/mol. The van der Waals surface area contributed by atoms with Gasteiger partial charge in [0.05, 0.1) is 19.1 Å². The summed E-state index contributed by atoms with van der Waals surface area (Å²) in [7, 11) is 0. The maximum atomic E-state index is 13.1. The molecule has 10 nitrogen and oxygen atoms in total. The molecule has 0 radical (unpaired) electrons. The normalized spacial score (nSPS) is 16.0. The van der Waals surface area contributed by atoms with Crippen LogP contribution >= 0.6 is 0 Å². The number of carbonyl (C=O) groups is 2. The molecule has 1 atom stereocenters. The Morgan fingerprint density at radius 3 is 2.94 bits per heavy atom. The lowest BCUT2D eigenvalue weighted by Crippen LogP contribution is -2.36. The number of carboxylic acid groups (broad SMARTS) is 1. The molecule has 2 aliphatic rings. The van der Waals surface area contributed by atoms with Crippen LogP contribution in [0.25, 0.3) is 0 Å². The van der Waals surface area contributed by atoms with Crippen LogP contribution in [-0.2, 0) is 17.6 Å². The number of benzene rings is 1. The van der Waals surface area contributed by atoms with E-state index in [0.29, 0.717) is 51.0 Å². The summed E-state index contributed by atoms with van der Waals surface area (Å²) in [5.41, 5.74) is 8.60. The van der Waals surface area contributed by atoms with Gasteiger partial charge >= 0.3 is 12.0 Å². The van der Waals surface area contributed by atoms with Crippen LogP contribution in [0.15, 0.2) is 24.3 Å². The number of nitrogens with zero attached hydrogens (tertiary/aromatic N) is 4. The zero-order valence-electron chi connectivity index (χ0n) is 18.8. The number of hydrogen-bond donors (Lipinski definition) is 3. The van der Waals surface area contributed by atoms with Gasteiger partial charge in [-0.2, -0.15) is 4.98 Å². The van der Waals surface area contributed by atoms with Crippen molar-refractivity contribution in [3.05, 3.63) is 41.1 Å². The second-order valence-electron chi connectivity index (χ2n) is 8.28. The second-order valence-corrected chi connectivity index (χ2v) is 8.28. The number of aryl methyl sites for hydroxylation is 1. The minimum Gasteiger partial charge on any atom is -0.493 e. The predicted molar refractivity (Wildman–Crippen MR) is 123 cm³/mol. The quantitative estimate of drug-likeness (QED) is 0.498. The highest BCUT2D eigenvalue weighted by molar-refractivity contribution is 5.78. The molecule has 0 spiro atoms. The molecule has 2 aromatic rings. The number of carboxylic acids is 1. The number of amides is 2. The van der Waals surface area contributed by atoms with Crippen LogP contribution in [0.3, 0.4) is 0 Å². The summed E-state index contributed by atoms with van der Waals surface area (Å²) >= 11 is 0. The molecule has 1 saturated heterocycles. The van der Waals surface area contributed by atoms with Crippen molar-refractivity contribution >= 4 is 23.8 Å². The molecule has 1 unspecified atom stereocenters. The van der Waals surface area contributed by atoms with Gasteiger partial charge in [0.15, 0.2) is 0 Å². The average molecular weight is 455 g/mol. The number of hydrogen-bond acceptors (Lipinski definition) is 7. The highest BCUT2D eigenvalue weighted by atomic mass is 16.5. The van der Waals surface area contributed by atoms with E-state index in [1.54, 1.807) is 15.9 Å². The number of urea groups is 1. The highest BCUT2D eigenvalue weighted by Crippen LogP contribution is 2.34. The maximum Gasteiger partial charge on any atom is 0.320 e. The molecule has 4 rings (SSSR count). The molecule has 1 aromatic heterocycles. The molecule has 1 aromatic carbocycles. The molecule has 2 amide bonds. The summed E-state index contributed by atoms with van der Waals surface area (Å²) in [6.07, 6.45) is 2.09. The van der Waals surface area contributed by atoms with Gasteiger partial charge in [-0.3, -0.25) is 4.79 Å². The van der Waals surface area contributed by atoms with E-state index in [4.69, 9.17) is 10.5 Å². The van der Waals surface area contributed by atoms with Crippen molar-refractivity contribution in [2.24, 2.45) is 0 Å². The topological polar surface area (TPSA) is 134 Å². The van der Waals surface area contributed by atoms with E-state index in [-0.39, 0.29) is 12.5 Å². The number of nitrogen functional groups attached to an aromatic ring is 1. The molecular weight excluding hydrogens is 424 g/mol. The Bertz CT molecular complexity index is 1030. The van der Waals surface area contributed by atoms with Gasteiger partial charge in [0.25, 0.3) is 0 Å². The first kappa shape index (κ1) is 22.6. The summed E-state index contributed by atoms with van der Waals surface area (Å²) in [6.45, 7) is 4.90. The Labute approximate surface area is 192 Å². The van der Waals surface area contributed by atoms with Crippen molar-refractivity contribution in [3.8, 4) is 5.75 Å². The van der Waals surface area contributed by atoms with Crippen LogP contribution in [0.1, 0.15) is 42.6 Å². The fraction of sp³-hybridized carbons (Fsp3) is 0.478. The van der Waals surface area contributed by atoms with Crippen LogP contribution in [0, 0.1) is 0 Å². The predicted octanol–water partition coefficient (Wildman–Crippen LogP) is 2.31.